The van der Waals surface area contributed by atoms with Crippen LogP contribution in [0.3, 0.4) is 0 Å². The molecule has 0 saturated carbocycles. The number of aromatic carboxylic acids is 1. The van der Waals surface area contributed by atoms with E-state index in [9.17, 15) is 14.7 Å². The average Bonchev–Trinajstić information content (AvgIpc) is 3.33. The molecular weight excluding hydrogens is 517 g/mol. The molecule has 5 rings (SSSR count). The first-order valence-corrected chi connectivity index (χ1v) is 12.5. The third-order valence-corrected chi connectivity index (χ3v) is 7.43. The maximum absolute atomic E-state index is 13.0. The Bertz CT molecular complexity index is 1590. The molecular formula is C27H19Cl2N3O3S. The standard InChI is InChI=1S/C27H19Cl2N3O3S/c1-31-25(33)24(36-27(31)30-20-6-4-5-16(11-20)26(34)35)12-18-15-32(23-8-3-2-7-21(18)23)14-17-9-10-19(28)13-22(17)29/h2-13,15H,14H2,1H3,(H,34,35)/b24-12+,30-27?. The monoisotopic (exact) mass is 535 g/mol. The van der Waals surface area contributed by atoms with E-state index in [1.807, 2.05) is 48.7 Å². The lowest BCUT2D eigenvalue weighted by Crippen LogP contribution is -2.23. The number of halogens is 2. The first-order chi connectivity index (χ1) is 17.3. The molecule has 2 heterocycles. The van der Waals surface area contributed by atoms with Crippen molar-refractivity contribution < 1.29 is 14.7 Å². The van der Waals surface area contributed by atoms with Crippen LogP contribution in [0.15, 0.2) is 82.8 Å². The molecule has 0 atom stereocenters. The number of likely N-dealkylation sites (N-methyl/N-ethyl adjacent to an activating group) is 1. The number of carboxylic acid groups (broad SMARTS) is 1. The summed E-state index contributed by atoms with van der Waals surface area (Å²) >= 11 is 13.7. The third-order valence-electron chi connectivity index (χ3n) is 5.78. The summed E-state index contributed by atoms with van der Waals surface area (Å²) in [6.45, 7) is 0.549. The van der Waals surface area contributed by atoms with Crippen LogP contribution in [0.4, 0.5) is 5.69 Å². The normalized spacial score (nSPS) is 16.0. The largest absolute Gasteiger partial charge is 0.478 e. The summed E-state index contributed by atoms with van der Waals surface area (Å²) in [6.07, 6.45) is 3.86. The van der Waals surface area contributed by atoms with E-state index in [1.165, 1.54) is 28.8 Å². The first-order valence-electron chi connectivity index (χ1n) is 10.9. The quantitative estimate of drug-likeness (QED) is 0.281. The second-order valence-electron chi connectivity index (χ2n) is 8.19. The van der Waals surface area contributed by atoms with Crippen LogP contribution in [0.25, 0.3) is 17.0 Å². The fraction of sp³-hybridized carbons (Fsp3) is 0.0741. The van der Waals surface area contributed by atoms with Crippen molar-refractivity contribution in [2.24, 2.45) is 4.99 Å². The van der Waals surface area contributed by atoms with Crippen LogP contribution < -0.4 is 0 Å². The molecule has 0 spiro atoms. The van der Waals surface area contributed by atoms with Gasteiger partial charge in [-0.3, -0.25) is 9.69 Å². The van der Waals surface area contributed by atoms with Crippen molar-refractivity contribution in [2.75, 3.05) is 7.05 Å². The van der Waals surface area contributed by atoms with Gasteiger partial charge in [0.05, 0.1) is 16.2 Å². The highest BCUT2D eigenvalue weighted by atomic mass is 35.5. The highest BCUT2D eigenvalue weighted by Crippen LogP contribution is 2.35. The van der Waals surface area contributed by atoms with Gasteiger partial charge in [0.1, 0.15) is 0 Å². The zero-order valence-corrected chi connectivity index (χ0v) is 21.3. The van der Waals surface area contributed by atoms with Crippen LogP contribution in [-0.4, -0.2) is 38.7 Å². The average molecular weight is 536 g/mol. The molecule has 1 amide bonds. The summed E-state index contributed by atoms with van der Waals surface area (Å²) in [6, 6.07) is 19.7. The Labute approximate surface area is 221 Å². The number of carboxylic acids is 1. The summed E-state index contributed by atoms with van der Waals surface area (Å²) in [5, 5.41) is 11.9. The van der Waals surface area contributed by atoms with Gasteiger partial charge in [0.25, 0.3) is 5.91 Å². The van der Waals surface area contributed by atoms with Crippen molar-refractivity contribution in [2.45, 2.75) is 6.54 Å². The molecule has 180 valence electrons. The number of fused-ring (bicyclic) bond motifs is 1. The molecule has 6 nitrogen and oxygen atoms in total. The fourth-order valence-corrected chi connectivity index (χ4v) is 5.41. The molecule has 9 heteroatoms. The summed E-state index contributed by atoms with van der Waals surface area (Å²) in [7, 11) is 1.65. The molecule has 36 heavy (non-hydrogen) atoms. The number of aliphatic imine (C=N–C) groups is 1. The van der Waals surface area contributed by atoms with Crippen molar-refractivity contribution in [1.82, 2.24) is 9.47 Å². The Kier molecular flexibility index (Phi) is 6.62. The summed E-state index contributed by atoms with van der Waals surface area (Å²) in [5.41, 5.74) is 3.45. The smallest absolute Gasteiger partial charge is 0.335 e. The van der Waals surface area contributed by atoms with E-state index >= 15 is 0 Å². The van der Waals surface area contributed by atoms with Gasteiger partial charge in [-0.1, -0.05) is 53.5 Å². The van der Waals surface area contributed by atoms with Gasteiger partial charge in [-0.2, -0.15) is 0 Å². The summed E-state index contributed by atoms with van der Waals surface area (Å²) < 4.78 is 2.09. The van der Waals surface area contributed by atoms with Crippen LogP contribution in [-0.2, 0) is 11.3 Å². The molecule has 3 aromatic carbocycles. The number of thioether (sulfide) groups is 1. The van der Waals surface area contributed by atoms with Crippen molar-refractivity contribution in [3.8, 4) is 0 Å². The molecule has 0 aliphatic carbocycles. The lowest BCUT2D eigenvalue weighted by atomic mass is 10.1. The van der Waals surface area contributed by atoms with E-state index in [0.717, 1.165) is 22.0 Å². The Morgan fingerprint density at radius 1 is 1.08 bits per heavy atom. The summed E-state index contributed by atoms with van der Waals surface area (Å²) in [5.74, 6) is -1.21. The SMILES string of the molecule is CN1C(=O)/C(=C\c2cn(Cc3ccc(Cl)cc3Cl)c3ccccc23)SC1=Nc1cccc(C(=O)O)c1. The minimum absolute atomic E-state index is 0.137. The van der Waals surface area contributed by atoms with Crippen LogP contribution >= 0.6 is 35.0 Å². The van der Waals surface area contributed by atoms with E-state index in [2.05, 4.69) is 9.56 Å². The van der Waals surface area contributed by atoms with Gasteiger partial charge < -0.3 is 9.67 Å². The topological polar surface area (TPSA) is 74.9 Å². The third kappa shape index (κ3) is 4.78. The lowest BCUT2D eigenvalue weighted by Gasteiger charge is -2.08. The fourth-order valence-electron chi connectivity index (χ4n) is 3.97. The number of carbonyl (C=O) groups is 2. The second-order valence-corrected chi connectivity index (χ2v) is 10.0. The molecule has 0 radical (unpaired) electrons. The Morgan fingerprint density at radius 3 is 2.67 bits per heavy atom. The number of aromatic nitrogens is 1. The molecule has 1 aliphatic heterocycles. The molecule has 0 bridgehead atoms. The predicted molar refractivity (Wildman–Crippen MR) is 146 cm³/mol. The molecule has 0 unspecified atom stereocenters. The van der Waals surface area contributed by atoms with Crippen LogP contribution in [0.2, 0.25) is 10.0 Å². The zero-order valence-electron chi connectivity index (χ0n) is 19.0. The molecule has 4 aromatic rings. The number of amides is 1. The van der Waals surface area contributed by atoms with Gasteiger partial charge in [0.2, 0.25) is 0 Å². The minimum Gasteiger partial charge on any atom is -0.478 e. The van der Waals surface area contributed by atoms with Gasteiger partial charge in [0, 0.05) is 46.3 Å². The maximum Gasteiger partial charge on any atom is 0.335 e. The van der Waals surface area contributed by atoms with Gasteiger partial charge in [-0.15, -0.1) is 0 Å². The van der Waals surface area contributed by atoms with E-state index in [4.69, 9.17) is 23.2 Å². The maximum atomic E-state index is 13.0. The van der Waals surface area contributed by atoms with Crippen molar-refractivity contribution in [3.63, 3.8) is 0 Å². The highest BCUT2D eigenvalue weighted by Gasteiger charge is 2.30. The van der Waals surface area contributed by atoms with Crippen LogP contribution in [0, 0.1) is 0 Å². The number of hydrogen-bond acceptors (Lipinski definition) is 4. The summed E-state index contributed by atoms with van der Waals surface area (Å²) in [4.78, 5) is 30.8. The van der Waals surface area contributed by atoms with Crippen molar-refractivity contribution in [3.05, 3.63) is 105 Å². The minimum atomic E-state index is -1.03. The highest BCUT2D eigenvalue weighted by molar-refractivity contribution is 8.18. The molecule has 1 N–H and O–H groups in total. The molecule has 1 fully saturated rings. The number of benzene rings is 3. The molecule has 1 aliphatic rings. The van der Waals surface area contributed by atoms with E-state index in [0.29, 0.717) is 32.4 Å². The zero-order chi connectivity index (χ0) is 25.4. The Hall–Kier alpha value is -3.52. The second kappa shape index (κ2) is 9.85. The lowest BCUT2D eigenvalue weighted by molar-refractivity contribution is -0.121. The van der Waals surface area contributed by atoms with Crippen LogP contribution in [0.5, 0.6) is 0 Å². The van der Waals surface area contributed by atoms with Crippen LogP contribution in [0.1, 0.15) is 21.5 Å². The molecule has 1 saturated heterocycles. The number of amidine groups is 1. The van der Waals surface area contributed by atoms with E-state index in [1.54, 1.807) is 25.2 Å². The van der Waals surface area contributed by atoms with E-state index < -0.39 is 5.97 Å². The Morgan fingerprint density at radius 2 is 1.89 bits per heavy atom. The molecule has 1 aromatic heterocycles. The van der Waals surface area contributed by atoms with Crippen molar-refractivity contribution in [1.29, 1.82) is 0 Å². The van der Waals surface area contributed by atoms with Gasteiger partial charge >= 0.3 is 5.97 Å². The van der Waals surface area contributed by atoms with Gasteiger partial charge in [-0.25, -0.2) is 9.79 Å². The van der Waals surface area contributed by atoms with Gasteiger partial charge in [-0.05, 0) is 59.8 Å². The Balaban J connectivity index is 1.49. The number of nitrogens with zero attached hydrogens (tertiary/aromatic N) is 3. The van der Waals surface area contributed by atoms with E-state index in [-0.39, 0.29) is 11.5 Å². The predicted octanol–water partition coefficient (Wildman–Crippen LogP) is 6.93. The number of hydrogen-bond donors (Lipinski definition) is 1. The van der Waals surface area contributed by atoms with Gasteiger partial charge in [0.15, 0.2) is 5.17 Å². The first kappa shape index (κ1) is 24.2. The number of rotatable bonds is 5. The van der Waals surface area contributed by atoms with Crippen molar-refractivity contribution >= 4 is 74.7 Å². The number of para-hydroxylation sites is 1. The number of carbonyl (C=O) groups excluding carboxylic acids is 1.